The van der Waals surface area contributed by atoms with E-state index in [0.29, 0.717) is 40.3 Å². The molecule has 0 atom stereocenters. The van der Waals surface area contributed by atoms with Crippen LogP contribution in [0.15, 0.2) is 90.1 Å². The monoisotopic (exact) mass is 436 g/mol. The van der Waals surface area contributed by atoms with E-state index in [-0.39, 0.29) is 11.5 Å². The van der Waals surface area contributed by atoms with Crippen molar-refractivity contribution in [1.29, 1.82) is 0 Å². The smallest absolute Gasteiger partial charge is 0.265 e. The van der Waals surface area contributed by atoms with Crippen LogP contribution in [0, 0.1) is 6.92 Å². The lowest BCUT2D eigenvalue weighted by Crippen LogP contribution is -2.22. The Hall–Kier alpha value is -4.59. The van der Waals surface area contributed by atoms with Crippen molar-refractivity contribution in [3.63, 3.8) is 0 Å². The van der Waals surface area contributed by atoms with E-state index in [1.54, 1.807) is 71.2 Å². The standard InChI is InChI=1S/C25H20N6O2/c1-17-27-22-5-3-2-4-21(22)25(33)31(17)20-8-6-19(7-9-20)24(32)28-23-12-15-30(29-23)16-18-10-13-26-14-11-18/h2-15H,16H2,1H3,(H,28,29,32). The first kappa shape index (κ1) is 20.3. The third kappa shape index (κ3) is 4.14. The summed E-state index contributed by atoms with van der Waals surface area (Å²) in [5.74, 6) is 0.760. The zero-order valence-electron chi connectivity index (χ0n) is 17.8. The van der Waals surface area contributed by atoms with Gasteiger partial charge in [0, 0.05) is 30.2 Å². The predicted molar refractivity (Wildman–Crippen MR) is 126 cm³/mol. The fourth-order valence-electron chi connectivity index (χ4n) is 3.69. The van der Waals surface area contributed by atoms with Crippen LogP contribution in [0.3, 0.4) is 0 Å². The number of pyridine rings is 1. The van der Waals surface area contributed by atoms with E-state index in [9.17, 15) is 9.59 Å². The molecule has 0 fully saturated rings. The summed E-state index contributed by atoms with van der Waals surface area (Å²) in [5, 5.41) is 7.75. The van der Waals surface area contributed by atoms with E-state index in [1.165, 1.54) is 0 Å². The number of amides is 1. The molecule has 3 aromatic heterocycles. The number of aromatic nitrogens is 5. The fourth-order valence-corrected chi connectivity index (χ4v) is 3.69. The number of nitrogens with one attached hydrogen (secondary N) is 1. The highest BCUT2D eigenvalue weighted by Gasteiger charge is 2.12. The van der Waals surface area contributed by atoms with Gasteiger partial charge in [0.05, 0.1) is 23.1 Å². The molecular weight excluding hydrogens is 416 g/mol. The number of hydrogen-bond donors (Lipinski definition) is 1. The van der Waals surface area contributed by atoms with Gasteiger partial charge in [-0.1, -0.05) is 12.1 Å². The van der Waals surface area contributed by atoms with Gasteiger partial charge in [0.15, 0.2) is 5.82 Å². The van der Waals surface area contributed by atoms with Crippen molar-refractivity contribution >= 4 is 22.6 Å². The quantitative estimate of drug-likeness (QED) is 0.454. The molecule has 0 unspecified atom stereocenters. The molecule has 0 saturated carbocycles. The van der Waals surface area contributed by atoms with E-state index in [1.807, 2.05) is 30.3 Å². The maximum atomic E-state index is 13.0. The number of hydrogen-bond acceptors (Lipinski definition) is 5. The molecule has 8 heteroatoms. The lowest BCUT2D eigenvalue weighted by Gasteiger charge is -2.11. The molecule has 0 spiro atoms. The summed E-state index contributed by atoms with van der Waals surface area (Å²) in [5.41, 5.74) is 2.69. The van der Waals surface area contributed by atoms with Gasteiger partial charge in [0.2, 0.25) is 0 Å². The normalized spacial score (nSPS) is 10.9. The van der Waals surface area contributed by atoms with E-state index < -0.39 is 0 Å². The van der Waals surface area contributed by atoms with Crippen molar-refractivity contribution in [2.75, 3.05) is 5.32 Å². The maximum absolute atomic E-state index is 13.0. The highest BCUT2D eigenvalue weighted by Crippen LogP contribution is 2.15. The minimum absolute atomic E-state index is 0.143. The molecule has 0 aliphatic heterocycles. The highest BCUT2D eigenvalue weighted by atomic mass is 16.1. The first-order valence-corrected chi connectivity index (χ1v) is 10.4. The Bertz CT molecular complexity index is 1500. The molecule has 1 N–H and O–H groups in total. The second-order valence-electron chi connectivity index (χ2n) is 7.57. The van der Waals surface area contributed by atoms with Gasteiger partial charge in [-0.25, -0.2) is 4.98 Å². The third-order valence-electron chi connectivity index (χ3n) is 5.31. The number of nitrogens with zero attached hydrogens (tertiary/aromatic N) is 5. The highest BCUT2D eigenvalue weighted by molar-refractivity contribution is 6.03. The molecule has 0 aliphatic rings. The topological polar surface area (TPSA) is 94.7 Å². The molecular formula is C25H20N6O2. The molecule has 8 nitrogen and oxygen atoms in total. The van der Waals surface area contributed by atoms with Crippen molar-refractivity contribution in [1.82, 2.24) is 24.3 Å². The summed E-state index contributed by atoms with van der Waals surface area (Å²) in [6.45, 7) is 2.37. The van der Waals surface area contributed by atoms with Gasteiger partial charge in [-0.15, -0.1) is 0 Å². The summed E-state index contributed by atoms with van der Waals surface area (Å²) in [6.07, 6.45) is 5.27. The number of aryl methyl sites for hydroxylation is 1. The van der Waals surface area contributed by atoms with E-state index in [0.717, 1.165) is 5.56 Å². The zero-order chi connectivity index (χ0) is 22.8. The first-order valence-electron chi connectivity index (χ1n) is 10.4. The van der Waals surface area contributed by atoms with Crippen LogP contribution in [-0.4, -0.2) is 30.2 Å². The molecule has 1 amide bonds. The van der Waals surface area contributed by atoms with Crippen molar-refractivity contribution in [3.8, 4) is 5.69 Å². The number of carbonyl (C=O) groups excluding carboxylic acids is 1. The number of carbonyl (C=O) groups is 1. The molecule has 0 saturated heterocycles. The summed E-state index contributed by atoms with van der Waals surface area (Å²) in [7, 11) is 0. The number of anilines is 1. The Labute approximate surface area is 189 Å². The van der Waals surface area contributed by atoms with Gasteiger partial charge >= 0.3 is 0 Å². The van der Waals surface area contributed by atoms with Crippen LogP contribution < -0.4 is 10.9 Å². The minimum Gasteiger partial charge on any atom is -0.305 e. The van der Waals surface area contributed by atoms with Gasteiger partial charge < -0.3 is 5.32 Å². The van der Waals surface area contributed by atoms with Crippen molar-refractivity contribution in [2.45, 2.75) is 13.5 Å². The van der Waals surface area contributed by atoms with Crippen LogP contribution >= 0.6 is 0 Å². The van der Waals surface area contributed by atoms with Crippen molar-refractivity contribution in [2.24, 2.45) is 0 Å². The molecule has 3 heterocycles. The minimum atomic E-state index is -0.281. The van der Waals surface area contributed by atoms with Crippen LogP contribution in [0.5, 0.6) is 0 Å². The summed E-state index contributed by atoms with van der Waals surface area (Å²) >= 11 is 0. The van der Waals surface area contributed by atoms with E-state index in [2.05, 4.69) is 20.4 Å². The van der Waals surface area contributed by atoms with Crippen LogP contribution in [0.4, 0.5) is 5.82 Å². The Kier molecular flexibility index (Phi) is 5.24. The van der Waals surface area contributed by atoms with E-state index >= 15 is 0 Å². The number of para-hydroxylation sites is 1. The van der Waals surface area contributed by atoms with Crippen LogP contribution in [-0.2, 0) is 6.54 Å². The Morgan fingerprint density at radius 2 is 1.73 bits per heavy atom. The average Bonchev–Trinajstić information content (AvgIpc) is 3.26. The van der Waals surface area contributed by atoms with E-state index in [4.69, 9.17) is 0 Å². The number of fused-ring (bicyclic) bond motifs is 1. The summed E-state index contributed by atoms with van der Waals surface area (Å²) < 4.78 is 3.29. The third-order valence-corrected chi connectivity index (χ3v) is 5.31. The van der Waals surface area contributed by atoms with Gasteiger partial charge in [0.1, 0.15) is 5.82 Å². The van der Waals surface area contributed by atoms with Gasteiger partial charge in [-0.2, -0.15) is 5.10 Å². The fraction of sp³-hybridized carbons (Fsp3) is 0.0800. The lowest BCUT2D eigenvalue weighted by atomic mass is 10.2. The number of rotatable bonds is 5. The van der Waals surface area contributed by atoms with Gasteiger partial charge in [-0.3, -0.25) is 23.8 Å². The molecule has 5 aromatic rings. The van der Waals surface area contributed by atoms with Gasteiger partial charge in [0.25, 0.3) is 11.5 Å². The Balaban J connectivity index is 1.34. The largest absolute Gasteiger partial charge is 0.305 e. The second kappa shape index (κ2) is 8.51. The van der Waals surface area contributed by atoms with Crippen LogP contribution in [0.1, 0.15) is 21.7 Å². The average molecular weight is 436 g/mol. The predicted octanol–water partition coefficient (Wildman–Crippen LogP) is 3.59. The molecule has 33 heavy (non-hydrogen) atoms. The Morgan fingerprint density at radius 1 is 0.970 bits per heavy atom. The molecule has 0 bridgehead atoms. The molecule has 5 rings (SSSR count). The van der Waals surface area contributed by atoms with Crippen LogP contribution in [0.25, 0.3) is 16.6 Å². The second-order valence-corrected chi connectivity index (χ2v) is 7.57. The lowest BCUT2D eigenvalue weighted by molar-refractivity contribution is 0.102. The van der Waals surface area contributed by atoms with Crippen LogP contribution in [0.2, 0.25) is 0 Å². The van der Waals surface area contributed by atoms with Crippen molar-refractivity contribution in [3.05, 3.63) is 113 Å². The molecule has 162 valence electrons. The zero-order valence-corrected chi connectivity index (χ0v) is 17.8. The molecule has 0 aliphatic carbocycles. The molecule has 2 aromatic carbocycles. The SMILES string of the molecule is Cc1nc2ccccc2c(=O)n1-c1ccc(C(=O)Nc2ccn(Cc3ccncc3)n2)cc1. The molecule has 0 radical (unpaired) electrons. The Morgan fingerprint density at radius 3 is 2.52 bits per heavy atom. The first-order chi connectivity index (χ1) is 16.1. The maximum Gasteiger partial charge on any atom is 0.265 e. The van der Waals surface area contributed by atoms with Gasteiger partial charge in [-0.05, 0) is 61.0 Å². The number of benzene rings is 2. The summed E-state index contributed by atoms with van der Waals surface area (Å²) in [4.78, 5) is 34.2. The summed E-state index contributed by atoms with van der Waals surface area (Å²) in [6, 6.07) is 19.7. The van der Waals surface area contributed by atoms with Crippen molar-refractivity contribution < 1.29 is 4.79 Å².